The van der Waals surface area contributed by atoms with Crippen molar-refractivity contribution in [1.29, 1.82) is 0 Å². The molecule has 0 amide bonds. The number of carbonyl (C=O) groups is 2. The van der Waals surface area contributed by atoms with Crippen molar-refractivity contribution < 1.29 is 24.5 Å². The van der Waals surface area contributed by atoms with E-state index in [-0.39, 0.29) is 6.54 Å². The Morgan fingerprint density at radius 2 is 1.96 bits per heavy atom. The zero-order valence-corrected chi connectivity index (χ0v) is 14.4. The van der Waals surface area contributed by atoms with Gasteiger partial charge < -0.3 is 19.5 Å². The second kappa shape index (κ2) is 6.92. The maximum absolute atomic E-state index is 11.9. The molecule has 1 atom stereocenters. The summed E-state index contributed by atoms with van der Waals surface area (Å²) >= 11 is 3.40. The lowest BCUT2D eigenvalue weighted by Gasteiger charge is -2.31. The standard InChI is InChI=1S/C16H17BrN2O5/c17-10-1-2-13-11(7-10)12(8-19(13)9-14(20)21)15(16(22)23)18-3-5-24-6-4-18/h1-2,7-8,15H,3-6,9H2,(H,20,21)(H,22,23)/t15-/m0/s1. The van der Waals surface area contributed by atoms with Crippen LogP contribution in [0.3, 0.4) is 0 Å². The number of carboxylic acids is 2. The van der Waals surface area contributed by atoms with Gasteiger partial charge in [0.15, 0.2) is 0 Å². The highest BCUT2D eigenvalue weighted by molar-refractivity contribution is 9.10. The number of hydrogen-bond donors (Lipinski definition) is 2. The molecule has 0 radical (unpaired) electrons. The molecular formula is C16H17BrN2O5. The number of benzene rings is 1. The fourth-order valence-electron chi connectivity index (χ4n) is 3.11. The molecule has 7 nitrogen and oxygen atoms in total. The molecule has 0 saturated carbocycles. The van der Waals surface area contributed by atoms with Crippen LogP contribution in [0.25, 0.3) is 10.9 Å². The first-order valence-electron chi connectivity index (χ1n) is 7.52. The van der Waals surface area contributed by atoms with Gasteiger partial charge in [0.1, 0.15) is 12.6 Å². The van der Waals surface area contributed by atoms with Crippen LogP contribution in [-0.4, -0.2) is 57.9 Å². The summed E-state index contributed by atoms with van der Waals surface area (Å²) in [5.74, 6) is -1.93. The molecule has 1 saturated heterocycles. The second-order valence-corrected chi connectivity index (χ2v) is 6.57. The lowest BCUT2D eigenvalue weighted by atomic mass is 10.0. The first kappa shape index (κ1) is 16.9. The van der Waals surface area contributed by atoms with Gasteiger partial charge in [-0.15, -0.1) is 0 Å². The maximum atomic E-state index is 11.9. The van der Waals surface area contributed by atoms with Gasteiger partial charge in [0.2, 0.25) is 0 Å². The molecule has 0 spiro atoms. The lowest BCUT2D eigenvalue weighted by Crippen LogP contribution is -2.42. The van der Waals surface area contributed by atoms with Crippen LogP contribution in [0.1, 0.15) is 11.6 Å². The summed E-state index contributed by atoms with van der Waals surface area (Å²) in [5.41, 5.74) is 1.30. The van der Waals surface area contributed by atoms with Crippen molar-refractivity contribution in [3.8, 4) is 0 Å². The molecule has 1 aliphatic heterocycles. The van der Waals surface area contributed by atoms with E-state index in [1.54, 1.807) is 16.8 Å². The summed E-state index contributed by atoms with van der Waals surface area (Å²) in [6.45, 7) is 1.81. The number of fused-ring (bicyclic) bond motifs is 1. The van der Waals surface area contributed by atoms with Gasteiger partial charge >= 0.3 is 11.9 Å². The fourth-order valence-corrected chi connectivity index (χ4v) is 3.47. The molecule has 128 valence electrons. The first-order valence-corrected chi connectivity index (χ1v) is 8.31. The Balaban J connectivity index is 2.12. The van der Waals surface area contributed by atoms with E-state index in [1.807, 2.05) is 17.0 Å². The summed E-state index contributed by atoms with van der Waals surface area (Å²) < 4.78 is 7.70. The second-order valence-electron chi connectivity index (χ2n) is 5.66. The Morgan fingerprint density at radius 1 is 1.25 bits per heavy atom. The number of carboxylic acid groups (broad SMARTS) is 2. The van der Waals surface area contributed by atoms with Crippen molar-refractivity contribution in [3.63, 3.8) is 0 Å². The van der Waals surface area contributed by atoms with E-state index in [1.165, 1.54) is 0 Å². The average Bonchev–Trinajstić information content (AvgIpc) is 2.85. The van der Waals surface area contributed by atoms with Crippen molar-refractivity contribution in [2.75, 3.05) is 26.3 Å². The zero-order chi connectivity index (χ0) is 17.3. The number of hydrogen-bond acceptors (Lipinski definition) is 4. The van der Waals surface area contributed by atoms with Crippen molar-refractivity contribution in [2.45, 2.75) is 12.6 Å². The average molecular weight is 397 g/mol. The molecule has 1 aromatic carbocycles. The van der Waals surface area contributed by atoms with Crippen molar-refractivity contribution in [3.05, 3.63) is 34.4 Å². The molecule has 0 bridgehead atoms. The van der Waals surface area contributed by atoms with Gasteiger partial charge in [-0.05, 0) is 18.2 Å². The molecule has 8 heteroatoms. The highest BCUT2D eigenvalue weighted by Crippen LogP contribution is 2.33. The molecule has 1 aromatic heterocycles. The predicted octanol–water partition coefficient (Wildman–Crippen LogP) is 1.95. The molecule has 0 aliphatic carbocycles. The van der Waals surface area contributed by atoms with Gasteiger partial charge in [0, 0.05) is 40.2 Å². The quantitative estimate of drug-likeness (QED) is 0.802. The van der Waals surface area contributed by atoms with Crippen LogP contribution in [0, 0.1) is 0 Å². The largest absolute Gasteiger partial charge is 0.480 e. The van der Waals surface area contributed by atoms with E-state index in [2.05, 4.69) is 15.9 Å². The predicted molar refractivity (Wildman–Crippen MR) is 90.0 cm³/mol. The number of halogens is 1. The molecule has 0 unspecified atom stereocenters. The first-order chi connectivity index (χ1) is 11.5. The number of aliphatic carboxylic acids is 2. The summed E-state index contributed by atoms with van der Waals surface area (Å²) in [6.07, 6.45) is 1.64. The van der Waals surface area contributed by atoms with Crippen LogP contribution in [0.4, 0.5) is 0 Å². The van der Waals surface area contributed by atoms with Crippen molar-refractivity contribution >= 4 is 38.8 Å². The molecule has 2 aromatic rings. The van der Waals surface area contributed by atoms with E-state index >= 15 is 0 Å². The number of ether oxygens (including phenoxy) is 1. The van der Waals surface area contributed by atoms with E-state index in [4.69, 9.17) is 9.84 Å². The van der Waals surface area contributed by atoms with Gasteiger partial charge in [-0.25, -0.2) is 0 Å². The minimum Gasteiger partial charge on any atom is -0.480 e. The number of nitrogens with zero attached hydrogens (tertiary/aromatic N) is 2. The Bertz CT molecular complexity index is 782. The summed E-state index contributed by atoms with van der Waals surface area (Å²) in [6, 6.07) is 4.61. The Hall–Kier alpha value is -1.90. The maximum Gasteiger partial charge on any atom is 0.325 e. The molecule has 2 N–H and O–H groups in total. The molecular weight excluding hydrogens is 380 g/mol. The Morgan fingerprint density at radius 3 is 2.58 bits per heavy atom. The van der Waals surface area contributed by atoms with Crippen molar-refractivity contribution in [1.82, 2.24) is 9.47 Å². The lowest BCUT2D eigenvalue weighted by molar-refractivity contribution is -0.145. The minimum atomic E-state index is -0.973. The fraction of sp³-hybridized carbons (Fsp3) is 0.375. The van der Waals surface area contributed by atoms with Gasteiger partial charge in [-0.3, -0.25) is 14.5 Å². The van der Waals surface area contributed by atoms with E-state index in [0.29, 0.717) is 37.4 Å². The Labute approximate surface area is 146 Å². The molecule has 1 aliphatic rings. The van der Waals surface area contributed by atoms with E-state index < -0.39 is 18.0 Å². The minimum absolute atomic E-state index is 0.215. The van der Waals surface area contributed by atoms with Crippen LogP contribution in [0.5, 0.6) is 0 Å². The van der Waals surface area contributed by atoms with Gasteiger partial charge in [-0.1, -0.05) is 15.9 Å². The van der Waals surface area contributed by atoms with Crippen LogP contribution < -0.4 is 0 Å². The van der Waals surface area contributed by atoms with Crippen molar-refractivity contribution in [2.24, 2.45) is 0 Å². The van der Waals surface area contributed by atoms with Gasteiger partial charge in [-0.2, -0.15) is 0 Å². The van der Waals surface area contributed by atoms with Crippen LogP contribution >= 0.6 is 15.9 Å². The molecule has 2 heterocycles. The smallest absolute Gasteiger partial charge is 0.325 e. The SMILES string of the molecule is O=C(O)Cn1cc([C@@H](C(=O)O)N2CCOCC2)c2cc(Br)ccc21. The normalized spacial score (nSPS) is 17.0. The molecule has 3 rings (SSSR count). The summed E-state index contributed by atoms with van der Waals surface area (Å²) in [5, 5.41) is 19.6. The van der Waals surface area contributed by atoms with Crippen LogP contribution in [-0.2, 0) is 20.9 Å². The van der Waals surface area contributed by atoms with Gasteiger partial charge in [0.25, 0.3) is 0 Å². The third-order valence-corrected chi connectivity index (χ3v) is 4.61. The zero-order valence-electron chi connectivity index (χ0n) is 12.8. The third-order valence-electron chi connectivity index (χ3n) is 4.12. The van der Waals surface area contributed by atoms with E-state index in [9.17, 15) is 14.7 Å². The Kier molecular flexibility index (Phi) is 4.88. The van der Waals surface area contributed by atoms with Crippen LogP contribution in [0.15, 0.2) is 28.9 Å². The van der Waals surface area contributed by atoms with E-state index in [0.717, 1.165) is 9.86 Å². The summed E-state index contributed by atoms with van der Waals surface area (Å²) in [4.78, 5) is 24.9. The number of aromatic nitrogens is 1. The highest BCUT2D eigenvalue weighted by atomic mass is 79.9. The molecule has 1 fully saturated rings. The number of morpholine rings is 1. The monoisotopic (exact) mass is 396 g/mol. The highest BCUT2D eigenvalue weighted by Gasteiger charge is 2.31. The van der Waals surface area contributed by atoms with Crippen LogP contribution in [0.2, 0.25) is 0 Å². The topological polar surface area (TPSA) is 92.0 Å². The van der Waals surface area contributed by atoms with Gasteiger partial charge in [0.05, 0.1) is 13.2 Å². The number of rotatable bonds is 5. The molecule has 24 heavy (non-hydrogen) atoms. The summed E-state index contributed by atoms with van der Waals surface area (Å²) in [7, 11) is 0. The third kappa shape index (κ3) is 3.31.